The number of carbonyl (C=O) groups is 1. The van der Waals surface area contributed by atoms with Gasteiger partial charge < -0.3 is 15.0 Å². The number of nitrogens with zero attached hydrogens (tertiary/aromatic N) is 2. The summed E-state index contributed by atoms with van der Waals surface area (Å²) in [5.41, 5.74) is 2.64. The fourth-order valence-corrected chi connectivity index (χ4v) is 2.75. The third-order valence-electron chi connectivity index (χ3n) is 4.18. The Morgan fingerprint density at radius 1 is 1.17 bits per heavy atom. The van der Waals surface area contributed by atoms with Crippen LogP contribution in [0, 0.1) is 0 Å². The zero-order valence-corrected chi connectivity index (χ0v) is 14.2. The SMILES string of the molecule is CC(C)c1ccc(NC(=O)c2cccnc2N2CCOCC2)cc1. The van der Waals surface area contributed by atoms with E-state index >= 15 is 0 Å². The smallest absolute Gasteiger partial charge is 0.259 e. The first-order chi connectivity index (χ1) is 11.6. The van der Waals surface area contributed by atoms with Gasteiger partial charge in [-0.15, -0.1) is 0 Å². The van der Waals surface area contributed by atoms with Crippen LogP contribution in [0.1, 0.15) is 35.7 Å². The number of morpholine rings is 1. The number of pyridine rings is 1. The molecular formula is C19H23N3O2. The number of benzene rings is 1. The molecular weight excluding hydrogens is 302 g/mol. The second-order valence-electron chi connectivity index (χ2n) is 6.20. The standard InChI is InChI=1S/C19H23N3O2/c1-14(2)15-5-7-16(8-6-15)21-19(23)17-4-3-9-20-18(17)22-10-12-24-13-11-22/h3-9,14H,10-13H2,1-2H3,(H,21,23). The highest BCUT2D eigenvalue weighted by molar-refractivity contribution is 6.07. The van der Waals surface area contributed by atoms with Gasteiger partial charge in [0.1, 0.15) is 5.82 Å². The Morgan fingerprint density at radius 2 is 1.88 bits per heavy atom. The van der Waals surface area contributed by atoms with E-state index in [1.165, 1.54) is 5.56 Å². The zero-order chi connectivity index (χ0) is 16.9. The average Bonchev–Trinajstić information content (AvgIpc) is 2.63. The van der Waals surface area contributed by atoms with Crippen LogP contribution < -0.4 is 10.2 Å². The molecule has 1 fully saturated rings. The van der Waals surface area contributed by atoms with Gasteiger partial charge in [0.05, 0.1) is 18.8 Å². The summed E-state index contributed by atoms with van der Waals surface area (Å²) < 4.78 is 5.38. The fraction of sp³-hybridized carbons (Fsp3) is 0.368. The van der Waals surface area contributed by atoms with Crippen molar-refractivity contribution < 1.29 is 9.53 Å². The number of aromatic nitrogens is 1. The van der Waals surface area contributed by atoms with Crippen molar-refractivity contribution in [2.24, 2.45) is 0 Å². The van der Waals surface area contributed by atoms with Crippen LogP contribution >= 0.6 is 0 Å². The molecule has 5 heteroatoms. The van der Waals surface area contributed by atoms with E-state index in [2.05, 4.69) is 29.0 Å². The monoisotopic (exact) mass is 325 g/mol. The predicted octanol–water partition coefficient (Wildman–Crippen LogP) is 3.29. The summed E-state index contributed by atoms with van der Waals surface area (Å²) >= 11 is 0. The Hall–Kier alpha value is -2.40. The molecule has 5 nitrogen and oxygen atoms in total. The molecule has 1 aromatic carbocycles. The molecule has 1 amide bonds. The minimum atomic E-state index is -0.137. The first kappa shape index (κ1) is 16.5. The van der Waals surface area contributed by atoms with Crippen molar-refractivity contribution in [1.82, 2.24) is 4.98 Å². The number of hydrogen-bond donors (Lipinski definition) is 1. The van der Waals surface area contributed by atoms with Crippen LogP contribution in [0.25, 0.3) is 0 Å². The van der Waals surface area contributed by atoms with Gasteiger partial charge in [0, 0.05) is 25.0 Å². The molecule has 0 radical (unpaired) electrons. The second kappa shape index (κ2) is 7.45. The Balaban J connectivity index is 1.77. The molecule has 0 unspecified atom stereocenters. The average molecular weight is 325 g/mol. The lowest BCUT2D eigenvalue weighted by molar-refractivity contribution is 0.102. The van der Waals surface area contributed by atoms with E-state index < -0.39 is 0 Å². The number of anilines is 2. The highest BCUT2D eigenvalue weighted by Gasteiger charge is 2.19. The van der Waals surface area contributed by atoms with Crippen molar-refractivity contribution in [2.75, 3.05) is 36.5 Å². The van der Waals surface area contributed by atoms with Crippen LogP contribution in [0.15, 0.2) is 42.6 Å². The van der Waals surface area contributed by atoms with Crippen LogP contribution in [-0.4, -0.2) is 37.2 Å². The van der Waals surface area contributed by atoms with Crippen LogP contribution in [0.2, 0.25) is 0 Å². The second-order valence-corrected chi connectivity index (χ2v) is 6.20. The van der Waals surface area contributed by atoms with Gasteiger partial charge in [-0.05, 0) is 35.7 Å². The molecule has 0 atom stereocenters. The summed E-state index contributed by atoms with van der Waals surface area (Å²) in [6.45, 7) is 7.12. The number of nitrogens with one attached hydrogen (secondary N) is 1. The normalized spacial score (nSPS) is 14.7. The first-order valence-corrected chi connectivity index (χ1v) is 8.34. The van der Waals surface area contributed by atoms with E-state index in [9.17, 15) is 4.79 Å². The van der Waals surface area contributed by atoms with Crippen molar-refractivity contribution in [3.05, 3.63) is 53.7 Å². The minimum Gasteiger partial charge on any atom is -0.378 e. The molecule has 0 aliphatic carbocycles. The van der Waals surface area contributed by atoms with Crippen molar-refractivity contribution in [2.45, 2.75) is 19.8 Å². The number of rotatable bonds is 4. The molecule has 1 saturated heterocycles. The molecule has 2 heterocycles. The van der Waals surface area contributed by atoms with E-state index in [-0.39, 0.29) is 5.91 Å². The van der Waals surface area contributed by atoms with Gasteiger partial charge in [-0.2, -0.15) is 0 Å². The number of carbonyl (C=O) groups excluding carboxylic acids is 1. The maximum atomic E-state index is 12.7. The highest BCUT2D eigenvalue weighted by Crippen LogP contribution is 2.21. The van der Waals surface area contributed by atoms with E-state index in [1.807, 2.05) is 30.3 Å². The van der Waals surface area contributed by atoms with Crippen molar-refractivity contribution in [1.29, 1.82) is 0 Å². The van der Waals surface area contributed by atoms with Gasteiger partial charge >= 0.3 is 0 Å². The molecule has 0 spiro atoms. The molecule has 24 heavy (non-hydrogen) atoms. The third-order valence-corrected chi connectivity index (χ3v) is 4.18. The van der Waals surface area contributed by atoms with E-state index in [4.69, 9.17) is 4.74 Å². The summed E-state index contributed by atoms with van der Waals surface area (Å²) in [6.07, 6.45) is 1.72. The Bertz CT molecular complexity index is 692. The summed E-state index contributed by atoms with van der Waals surface area (Å²) in [5.74, 6) is 1.06. The van der Waals surface area contributed by atoms with Crippen LogP contribution in [0.3, 0.4) is 0 Å². The molecule has 3 rings (SSSR count). The van der Waals surface area contributed by atoms with E-state index in [1.54, 1.807) is 12.3 Å². The number of amides is 1. The predicted molar refractivity (Wildman–Crippen MR) is 95.8 cm³/mol. The van der Waals surface area contributed by atoms with Gasteiger partial charge in [-0.1, -0.05) is 26.0 Å². The fourth-order valence-electron chi connectivity index (χ4n) is 2.75. The lowest BCUT2D eigenvalue weighted by Crippen LogP contribution is -2.38. The Kier molecular flexibility index (Phi) is 5.11. The van der Waals surface area contributed by atoms with Gasteiger partial charge in [-0.3, -0.25) is 4.79 Å². The largest absolute Gasteiger partial charge is 0.378 e. The molecule has 1 aromatic heterocycles. The van der Waals surface area contributed by atoms with Gasteiger partial charge in [-0.25, -0.2) is 4.98 Å². The molecule has 1 aliphatic heterocycles. The lowest BCUT2D eigenvalue weighted by atomic mass is 10.0. The quantitative estimate of drug-likeness (QED) is 0.937. The number of hydrogen-bond acceptors (Lipinski definition) is 4. The molecule has 0 bridgehead atoms. The minimum absolute atomic E-state index is 0.137. The Morgan fingerprint density at radius 3 is 2.54 bits per heavy atom. The maximum Gasteiger partial charge on any atom is 0.259 e. The van der Waals surface area contributed by atoms with Crippen molar-refractivity contribution >= 4 is 17.4 Å². The van der Waals surface area contributed by atoms with Crippen molar-refractivity contribution in [3.63, 3.8) is 0 Å². The van der Waals surface area contributed by atoms with Gasteiger partial charge in [0.15, 0.2) is 0 Å². The summed E-state index contributed by atoms with van der Waals surface area (Å²) in [6, 6.07) is 11.6. The van der Waals surface area contributed by atoms with Crippen LogP contribution in [0.4, 0.5) is 11.5 Å². The van der Waals surface area contributed by atoms with Gasteiger partial charge in [0.2, 0.25) is 0 Å². The van der Waals surface area contributed by atoms with Crippen LogP contribution in [-0.2, 0) is 4.74 Å². The molecule has 1 aliphatic rings. The lowest BCUT2D eigenvalue weighted by Gasteiger charge is -2.29. The van der Waals surface area contributed by atoms with Gasteiger partial charge in [0.25, 0.3) is 5.91 Å². The number of ether oxygens (including phenoxy) is 1. The van der Waals surface area contributed by atoms with Crippen LogP contribution in [0.5, 0.6) is 0 Å². The van der Waals surface area contributed by atoms with Crippen molar-refractivity contribution in [3.8, 4) is 0 Å². The zero-order valence-electron chi connectivity index (χ0n) is 14.2. The first-order valence-electron chi connectivity index (χ1n) is 8.34. The summed E-state index contributed by atoms with van der Waals surface area (Å²) in [5, 5.41) is 2.97. The topological polar surface area (TPSA) is 54.5 Å². The summed E-state index contributed by atoms with van der Waals surface area (Å²) in [4.78, 5) is 19.2. The highest BCUT2D eigenvalue weighted by atomic mass is 16.5. The summed E-state index contributed by atoms with van der Waals surface area (Å²) in [7, 11) is 0. The molecule has 126 valence electrons. The van der Waals surface area contributed by atoms with E-state index in [0.29, 0.717) is 24.7 Å². The molecule has 0 saturated carbocycles. The third kappa shape index (κ3) is 3.74. The molecule has 2 aromatic rings. The molecule has 1 N–H and O–H groups in total. The van der Waals surface area contributed by atoms with E-state index in [0.717, 1.165) is 24.6 Å². The maximum absolute atomic E-state index is 12.7. The Labute approximate surface area is 142 Å².